The number of halogens is 6. The summed E-state index contributed by atoms with van der Waals surface area (Å²) in [6.45, 7) is 0.421. The number of aryl methyl sites for hydroxylation is 1. The molecule has 158 valence electrons. The Morgan fingerprint density at radius 2 is 1.76 bits per heavy atom. The molecule has 0 radical (unpaired) electrons. The van der Waals surface area contributed by atoms with Gasteiger partial charge in [-0.25, -0.2) is 0 Å². The lowest BCUT2D eigenvalue weighted by Gasteiger charge is -2.14. The van der Waals surface area contributed by atoms with Gasteiger partial charge in [0, 0.05) is 29.1 Å². The van der Waals surface area contributed by atoms with Crippen molar-refractivity contribution in [2.45, 2.75) is 32.7 Å². The van der Waals surface area contributed by atoms with Crippen molar-refractivity contribution in [3.8, 4) is 5.75 Å². The van der Waals surface area contributed by atoms with E-state index in [0.717, 1.165) is 10.6 Å². The lowest BCUT2D eigenvalue weighted by atomic mass is 10.1. The number of aromatic nitrogens is 1. The van der Waals surface area contributed by atoms with Gasteiger partial charge in [0.25, 0.3) is 5.69 Å². The van der Waals surface area contributed by atoms with Crippen LogP contribution in [-0.4, -0.2) is 28.1 Å². The monoisotopic (exact) mass is 424 g/mol. The smallest absolute Gasteiger partial charge is 0.420 e. The number of hydrogen-bond acceptors (Lipinski definition) is 4. The van der Waals surface area contributed by atoms with Gasteiger partial charge in [0.1, 0.15) is 17.9 Å². The van der Waals surface area contributed by atoms with Gasteiger partial charge >= 0.3 is 12.4 Å². The number of nitro groups is 1. The third kappa shape index (κ3) is 5.27. The fourth-order valence-corrected chi connectivity index (χ4v) is 2.71. The van der Waals surface area contributed by atoms with E-state index in [1.807, 2.05) is 0 Å². The fourth-order valence-electron chi connectivity index (χ4n) is 2.71. The molecular formula is C17H14F6N2O4. The van der Waals surface area contributed by atoms with Crippen LogP contribution >= 0.6 is 0 Å². The molecule has 0 aliphatic carbocycles. The van der Waals surface area contributed by atoms with Crippen LogP contribution in [-0.2, 0) is 12.7 Å². The maximum Gasteiger partial charge on any atom is 0.420 e. The van der Waals surface area contributed by atoms with E-state index >= 15 is 0 Å². The molecule has 0 saturated carbocycles. The van der Waals surface area contributed by atoms with Gasteiger partial charge in [0.2, 0.25) is 5.78 Å². The topological polar surface area (TPSA) is 74.4 Å². The summed E-state index contributed by atoms with van der Waals surface area (Å²) in [5.41, 5.74) is -2.24. The van der Waals surface area contributed by atoms with Gasteiger partial charge in [-0.2, -0.15) is 26.3 Å². The molecule has 1 heterocycles. The molecule has 0 bridgehead atoms. The SMILES string of the molecule is Cc1cc(C(=O)COc2ccc([N+](=O)[O-])cc2C(F)(F)F)c(C)n1CC(F)(F)F. The predicted octanol–water partition coefficient (Wildman–Crippen LogP) is 4.86. The van der Waals surface area contributed by atoms with Crippen LogP contribution in [0.3, 0.4) is 0 Å². The Bertz CT molecular complexity index is 947. The van der Waals surface area contributed by atoms with Crippen molar-refractivity contribution >= 4 is 11.5 Å². The van der Waals surface area contributed by atoms with Crippen molar-refractivity contribution in [2.24, 2.45) is 0 Å². The lowest BCUT2D eigenvalue weighted by molar-refractivity contribution is -0.385. The Morgan fingerprint density at radius 1 is 1.14 bits per heavy atom. The van der Waals surface area contributed by atoms with Crippen molar-refractivity contribution in [3.05, 3.63) is 56.9 Å². The second-order valence-electron chi connectivity index (χ2n) is 6.13. The van der Waals surface area contributed by atoms with Crippen LogP contribution in [0.1, 0.15) is 27.3 Å². The molecule has 29 heavy (non-hydrogen) atoms. The van der Waals surface area contributed by atoms with Gasteiger partial charge in [-0.1, -0.05) is 0 Å². The molecule has 0 atom stereocenters. The number of nitrogens with zero attached hydrogens (tertiary/aromatic N) is 2. The van der Waals surface area contributed by atoms with Crippen molar-refractivity contribution in [1.82, 2.24) is 4.57 Å². The molecule has 1 aromatic heterocycles. The van der Waals surface area contributed by atoms with E-state index in [-0.39, 0.29) is 23.0 Å². The average molecular weight is 424 g/mol. The molecule has 0 unspecified atom stereocenters. The number of Topliss-reactive ketones (excluding diaryl/α,β-unsaturated/α-hetero) is 1. The van der Waals surface area contributed by atoms with E-state index < -0.39 is 53.2 Å². The Morgan fingerprint density at radius 3 is 2.28 bits per heavy atom. The number of non-ortho nitro benzene ring substituents is 1. The van der Waals surface area contributed by atoms with Crippen molar-refractivity contribution in [1.29, 1.82) is 0 Å². The second-order valence-corrected chi connectivity index (χ2v) is 6.13. The third-order valence-corrected chi connectivity index (χ3v) is 4.05. The zero-order valence-corrected chi connectivity index (χ0v) is 15.0. The first kappa shape index (κ1) is 22.2. The van der Waals surface area contributed by atoms with Crippen LogP contribution < -0.4 is 4.74 Å². The normalized spacial score (nSPS) is 12.1. The molecule has 0 amide bonds. The van der Waals surface area contributed by atoms with Crippen LogP contribution in [0.25, 0.3) is 0 Å². The average Bonchev–Trinajstić information content (AvgIpc) is 2.85. The number of nitro benzene ring substituents is 1. The summed E-state index contributed by atoms with van der Waals surface area (Å²) in [5.74, 6) is -1.64. The third-order valence-electron chi connectivity index (χ3n) is 4.05. The van der Waals surface area contributed by atoms with Gasteiger partial charge in [-0.05, 0) is 26.0 Å². The lowest BCUT2D eigenvalue weighted by Crippen LogP contribution is -2.20. The van der Waals surface area contributed by atoms with E-state index in [1.165, 1.54) is 19.9 Å². The van der Waals surface area contributed by atoms with Crippen LogP contribution in [0.2, 0.25) is 0 Å². The van der Waals surface area contributed by atoms with E-state index in [9.17, 15) is 41.3 Å². The number of benzene rings is 1. The van der Waals surface area contributed by atoms with Crippen LogP contribution in [0.4, 0.5) is 32.0 Å². The number of ether oxygens (including phenoxy) is 1. The minimum Gasteiger partial charge on any atom is -0.485 e. The highest BCUT2D eigenvalue weighted by Gasteiger charge is 2.36. The quantitative estimate of drug-likeness (QED) is 0.287. The zero-order valence-electron chi connectivity index (χ0n) is 15.0. The number of alkyl halides is 6. The highest BCUT2D eigenvalue weighted by Crippen LogP contribution is 2.38. The van der Waals surface area contributed by atoms with Crippen molar-refractivity contribution in [3.63, 3.8) is 0 Å². The first-order chi connectivity index (χ1) is 13.2. The van der Waals surface area contributed by atoms with Crippen LogP contribution in [0.15, 0.2) is 24.3 Å². The minimum absolute atomic E-state index is 0.00632. The molecule has 12 heteroatoms. The fraction of sp³-hybridized carbons (Fsp3) is 0.353. The predicted molar refractivity (Wildman–Crippen MR) is 87.9 cm³/mol. The number of carbonyl (C=O) groups is 1. The van der Waals surface area contributed by atoms with Crippen LogP contribution in [0.5, 0.6) is 5.75 Å². The van der Waals surface area contributed by atoms with Crippen molar-refractivity contribution < 1.29 is 40.8 Å². The molecule has 0 aliphatic heterocycles. The molecule has 0 saturated heterocycles. The zero-order chi connectivity index (χ0) is 22.1. The van der Waals surface area contributed by atoms with E-state index in [0.29, 0.717) is 6.07 Å². The second kappa shape index (κ2) is 7.76. The van der Waals surface area contributed by atoms with Gasteiger partial charge < -0.3 is 9.30 Å². The first-order valence-electron chi connectivity index (χ1n) is 7.96. The number of carbonyl (C=O) groups excluding carboxylic acids is 1. The van der Waals surface area contributed by atoms with E-state index in [4.69, 9.17) is 4.74 Å². The molecular weight excluding hydrogens is 410 g/mol. The maximum absolute atomic E-state index is 13.1. The molecule has 0 aliphatic rings. The molecule has 6 nitrogen and oxygen atoms in total. The van der Waals surface area contributed by atoms with Gasteiger partial charge in [0.15, 0.2) is 6.61 Å². The molecule has 2 rings (SSSR count). The minimum atomic E-state index is -4.98. The summed E-state index contributed by atoms with van der Waals surface area (Å²) in [7, 11) is 0. The Balaban J connectivity index is 2.26. The molecule has 1 aromatic carbocycles. The maximum atomic E-state index is 13.1. The molecule has 0 spiro atoms. The number of hydrogen-bond donors (Lipinski definition) is 0. The summed E-state index contributed by atoms with van der Waals surface area (Å²) in [5, 5.41) is 10.7. The summed E-state index contributed by atoms with van der Waals surface area (Å²) in [6, 6.07) is 2.95. The van der Waals surface area contributed by atoms with Crippen LogP contribution in [0, 0.1) is 24.0 Å². The molecule has 0 fully saturated rings. The van der Waals surface area contributed by atoms with E-state index in [2.05, 4.69) is 0 Å². The Kier molecular flexibility index (Phi) is 5.95. The number of ketones is 1. The first-order valence-corrected chi connectivity index (χ1v) is 7.96. The highest BCUT2D eigenvalue weighted by molar-refractivity contribution is 5.98. The largest absolute Gasteiger partial charge is 0.485 e. The summed E-state index contributed by atoms with van der Waals surface area (Å²) in [4.78, 5) is 22.0. The van der Waals surface area contributed by atoms with Gasteiger partial charge in [0.05, 0.1) is 4.92 Å². The van der Waals surface area contributed by atoms with Gasteiger partial charge in [-0.3, -0.25) is 14.9 Å². The Hall–Kier alpha value is -3.05. The Labute approximate surface area is 159 Å². The van der Waals surface area contributed by atoms with Gasteiger partial charge in [-0.15, -0.1) is 0 Å². The number of rotatable bonds is 6. The summed E-state index contributed by atoms with van der Waals surface area (Å²) < 4.78 is 83.0. The molecule has 2 aromatic rings. The standard InChI is InChI=1S/C17H14F6N2O4/c1-9-5-12(10(2)24(9)8-16(18,19)20)14(26)7-29-15-4-3-11(25(27)28)6-13(15)17(21,22)23/h3-6H,7-8H2,1-2H3. The van der Waals surface area contributed by atoms with Crippen molar-refractivity contribution in [2.75, 3.05) is 6.61 Å². The highest BCUT2D eigenvalue weighted by atomic mass is 19.4. The molecule has 0 N–H and O–H groups in total. The van der Waals surface area contributed by atoms with E-state index in [1.54, 1.807) is 0 Å². The summed E-state index contributed by atoms with van der Waals surface area (Å²) >= 11 is 0. The summed E-state index contributed by atoms with van der Waals surface area (Å²) in [6.07, 6.45) is -9.50.